The van der Waals surface area contributed by atoms with Crippen molar-refractivity contribution in [2.75, 3.05) is 31.1 Å². The zero-order valence-electron chi connectivity index (χ0n) is 24.3. The number of halogens is 3. The lowest BCUT2D eigenvalue weighted by Gasteiger charge is -2.30. The number of hydrogen-bond acceptors (Lipinski definition) is 4. The van der Waals surface area contributed by atoms with Gasteiger partial charge in [-0.05, 0) is 53.6 Å². The molecule has 42 heavy (non-hydrogen) atoms. The van der Waals surface area contributed by atoms with Gasteiger partial charge in [0.1, 0.15) is 0 Å². The molecule has 0 spiro atoms. The molecule has 1 heterocycles. The van der Waals surface area contributed by atoms with E-state index in [0.29, 0.717) is 49.1 Å². The Bertz CT molecular complexity index is 1320. The van der Waals surface area contributed by atoms with Gasteiger partial charge in [0, 0.05) is 51.4 Å². The lowest BCUT2D eigenvalue weighted by atomic mass is 10.0. The van der Waals surface area contributed by atoms with Crippen LogP contribution < -0.4 is 10.6 Å². The number of para-hydroxylation sites is 1. The Kier molecular flexibility index (Phi) is 13.1. The third-order valence-corrected chi connectivity index (χ3v) is 8.13. The minimum absolute atomic E-state index is 0. The Morgan fingerprint density at radius 2 is 1.57 bits per heavy atom. The topological polar surface area (TPSA) is 69.9 Å². The summed E-state index contributed by atoms with van der Waals surface area (Å²) in [5, 5.41) is 0.907. The number of carbonyl (C=O) groups is 2. The summed E-state index contributed by atoms with van der Waals surface area (Å²) >= 11 is 12.3. The Morgan fingerprint density at radius 1 is 0.857 bits per heavy atom. The van der Waals surface area contributed by atoms with Crippen molar-refractivity contribution in [3.8, 4) is 0 Å². The van der Waals surface area contributed by atoms with Crippen molar-refractivity contribution in [2.45, 2.75) is 52.2 Å². The van der Waals surface area contributed by atoms with Gasteiger partial charge >= 0.3 is 0 Å². The van der Waals surface area contributed by atoms with Crippen LogP contribution in [0.4, 0.5) is 5.69 Å². The maximum Gasteiger partial charge on any atom is 0.240 e. The Balaban J connectivity index is 0.00000484. The first-order valence-electron chi connectivity index (χ1n) is 14.3. The van der Waals surface area contributed by atoms with Gasteiger partial charge in [-0.25, -0.2) is 0 Å². The van der Waals surface area contributed by atoms with Crippen molar-refractivity contribution in [2.24, 2.45) is 11.7 Å². The smallest absolute Gasteiger partial charge is 0.240 e. The molecule has 0 aliphatic carbocycles. The van der Waals surface area contributed by atoms with Gasteiger partial charge in [-0.3, -0.25) is 14.5 Å². The fraction of sp³-hybridized carbons (Fsp3) is 0.394. The summed E-state index contributed by atoms with van der Waals surface area (Å²) in [6.45, 7) is 7.91. The van der Waals surface area contributed by atoms with Crippen LogP contribution in [0.2, 0.25) is 10.0 Å². The minimum atomic E-state index is -0.745. The van der Waals surface area contributed by atoms with Gasteiger partial charge in [-0.1, -0.05) is 91.6 Å². The van der Waals surface area contributed by atoms with Crippen LogP contribution in [0.5, 0.6) is 0 Å². The van der Waals surface area contributed by atoms with Crippen molar-refractivity contribution >= 4 is 53.1 Å². The van der Waals surface area contributed by atoms with Gasteiger partial charge < -0.3 is 15.5 Å². The second-order valence-corrected chi connectivity index (χ2v) is 12.0. The normalized spacial score (nSPS) is 15.4. The number of anilines is 1. The molecule has 2 N–H and O–H groups in total. The Morgan fingerprint density at radius 3 is 2.29 bits per heavy atom. The number of fused-ring (bicyclic) bond motifs is 1. The van der Waals surface area contributed by atoms with Gasteiger partial charge in [0.2, 0.25) is 11.8 Å². The van der Waals surface area contributed by atoms with Gasteiger partial charge in [-0.15, -0.1) is 12.4 Å². The molecule has 0 aromatic heterocycles. The fourth-order valence-electron chi connectivity index (χ4n) is 5.29. The molecule has 0 bridgehead atoms. The van der Waals surface area contributed by atoms with E-state index in [-0.39, 0.29) is 30.1 Å². The molecule has 0 saturated heterocycles. The zero-order chi connectivity index (χ0) is 29.4. The van der Waals surface area contributed by atoms with E-state index in [1.54, 1.807) is 12.1 Å². The molecular formula is C33H41Cl3N4O2. The molecule has 1 atom stereocenters. The third-order valence-electron chi connectivity index (χ3n) is 7.39. The van der Waals surface area contributed by atoms with Crippen LogP contribution in [0.1, 0.15) is 43.4 Å². The van der Waals surface area contributed by atoms with E-state index in [1.165, 1.54) is 5.56 Å². The first-order valence-corrected chi connectivity index (χ1v) is 15.1. The predicted octanol–water partition coefficient (Wildman–Crippen LogP) is 6.60. The van der Waals surface area contributed by atoms with Crippen molar-refractivity contribution in [1.82, 2.24) is 9.80 Å². The second-order valence-electron chi connectivity index (χ2n) is 11.2. The Labute approximate surface area is 266 Å². The first-order chi connectivity index (χ1) is 19.7. The number of hydrogen-bond donors (Lipinski definition) is 1. The zero-order valence-corrected chi connectivity index (χ0v) is 26.7. The van der Waals surface area contributed by atoms with Crippen LogP contribution in [0.25, 0.3) is 0 Å². The van der Waals surface area contributed by atoms with Crippen LogP contribution >= 0.6 is 35.6 Å². The maximum atomic E-state index is 13.9. The summed E-state index contributed by atoms with van der Waals surface area (Å²) in [5.41, 5.74) is 10.4. The molecule has 0 fully saturated rings. The van der Waals surface area contributed by atoms with Crippen LogP contribution in [0.3, 0.4) is 0 Å². The highest BCUT2D eigenvalue weighted by atomic mass is 35.5. The highest BCUT2D eigenvalue weighted by Gasteiger charge is 2.26. The first kappa shape index (κ1) is 33.9. The van der Waals surface area contributed by atoms with Crippen LogP contribution in [-0.4, -0.2) is 53.8 Å². The molecule has 3 aromatic carbocycles. The lowest BCUT2D eigenvalue weighted by Crippen LogP contribution is -2.47. The monoisotopic (exact) mass is 630 g/mol. The number of rotatable bonds is 7. The van der Waals surface area contributed by atoms with Crippen LogP contribution in [0, 0.1) is 5.92 Å². The highest BCUT2D eigenvalue weighted by molar-refractivity contribution is 6.42. The third kappa shape index (κ3) is 9.45. The second kappa shape index (κ2) is 16.3. The quantitative estimate of drug-likeness (QED) is 0.319. The average molecular weight is 632 g/mol. The SMILES string of the molecule is CC(C)CC(=O)N1CCCN(Cc2ccccc2)CCN(C(=O)[C@H](N)Cc2ccc(Cl)c(Cl)c2)Cc2ccccc21.Cl. The van der Waals surface area contributed by atoms with E-state index in [2.05, 4.69) is 30.9 Å². The highest BCUT2D eigenvalue weighted by Crippen LogP contribution is 2.26. The van der Waals surface area contributed by atoms with E-state index in [9.17, 15) is 9.59 Å². The summed E-state index contributed by atoms with van der Waals surface area (Å²) in [7, 11) is 0. The number of nitrogens with two attached hydrogens (primary N) is 1. The molecule has 3 aromatic rings. The van der Waals surface area contributed by atoms with Crippen LogP contribution in [-0.2, 0) is 29.1 Å². The van der Waals surface area contributed by atoms with E-state index < -0.39 is 6.04 Å². The van der Waals surface area contributed by atoms with Gasteiger partial charge in [-0.2, -0.15) is 0 Å². The van der Waals surface area contributed by atoms with Crippen molar-refractivity contribution in [3.05, 3.63) is 99.5 Å². The summed E-state index contributed by atoms with van der Waals surface area (Å²) in [6, 6.07) is 22.9. The molecule has 9 heteroatoms. The summed E-state index contributed by atoms with van der Waals surface area (Å²) in [6.07, 6.45) is 1.65. The van der Waals surface area contributed by atoms with E-state index in [0.717, 1.165) is 36.3 Å². The molecule has 226 valence electrons. The van der Waals surface area contributed by atoms with Gasteiger partial charge in [0.25, 0.3) is 0 Å². The molecule has 0 saturated carbocycles. The summed E-state index contributed by atoms with van der Waals surface area (Å²) < 4.78 is 0. The number of benzene rings is 3. The molecule has 1 aliphatic heterocycles. The number of amides is 2. The van der Waals surface area contributed by atoms with Crippen molar-refractivity contribution in [3.63, 3.8) is 0 Å². The maximum absolute atomic E-state index is 13.9. The van der Waals surface area contributed by atoms with E-state index in [1.807, 2.05) is 58.3 Å². The number of carbonyl (C=O) groups excluding carboxylic acids is 2. The minimum Gasteiger partial charge on any atom is -0.336 e. The Hall–Kier alpha value is -2.61. The van der Waals surface area contributed by atoms with Crippen molar-refractivity contribution < 1.29 is 9.59 Å². The van der Waals surface area contributed by atoms with Gasteiger partial charge in [0.05, 0.1) is 16.1 Å². The molecule has 6 nitrogen and oxygen atoms in total. The molecule has 0 radical (unpaired) electrons. The van der Waals surface area contributed by atoms with E-state index >= 15 is 0 Å². The van der Waals surface area contributed by atoms with Gasteiger partial charge in [0.15, 0.2) is 0 Å². The summed E-state index contributed by atoms with van der Waals surface area (Å²) in [5.74, 6) is 0.222. The van der Waals surface area contributed by atoms with E-state index in [4.69, 9.17) is 28.9 Å². The lowest BCUT2D eigenvalue weighted by molar-refractivity contribution is -0.133. The molecular weight excluding hydrogens is 591 g/mol. The average Bonchev–Trinajstić information content (AvgIpc) is 2.98. The molecule has 2 amide bonds. The standard InChI is InChI=1S/C33H40Cl2N4O2.ClH/c1-24(2)19-32(40)39-16-8-15-37(22-25-9-4-3-5-10-25)17-18-38(23-27-11-6-7-12-31(27)39)33(41)30(36)21-26-13-14-28(34)29(35)20-26;/h3-7,9-14,20,24,30H,8,15-19,21-23,36H2,1-2H3;1H/t30-;/m1./s1. The fourth-order valence-corrected chi connectivity index (χ4v) is 5.61. The largest absolute Gasteiger partial charge is 0.336 e. The molecule has 4 rings (SSSR count). The molecule has 1 aliphatic rings. The molecule has 0 unspecified atom stereocenters. The predicted molar refractivity (Wildman–Crippen MR) is 175 cm³/mol. The van der Waals surface area contributed by atoms with Crippen LogP contribution in [0.15, 0.2) is 72.8 Å². The van der Waals surface area contributed by atoms with Crippen molar-refractivity contribution in [1.29, 1.82) is 0 Å². The number of nitrogens with zero attached hydrogens (tertiary/aromatic N) is 3. The summed E-state index contributed by atoms with van der Waals surface area (Å²) in [4.78, 5) is 33.5.